The molecule has 1 N–H and O–H groups in total. The molecule has 0 aromatic heterocycles. The molecule has 1 atom stereocenters. The minimum absolute atomic E-state index is 0.0594. The lowest BCUT2D eigenvalue weighted by Gasteiger charge is -2.15. The highest BCUT2D eigenvalue weighted by Gasteiger charge is 2.31. The molecule has 0 aliphatic carbocycles. The molecular weight excluding hydrogens is 221 g/mol. The maximum Gasteiger partial charge on any atom is 0.416 e. The summed E-state index contributed by atoms with van der Waals surface area (Å²) in [5.74, 6) is 0.0594. The van der Waals surface area contributed by atoms with E-state index in [2.05, 4.69) is 0 Å². The van der Waals surface area contributed by atoms with E-state index in [0.717, 1.165) is 12.1 Å². The van der Waals surface area contributed by atoms with E-state index in [1.54, 1.807) is 6.92 Å². The predicted octanol–water partition coefficient (Wildman–Crippen LogP) is 3.16. The van der Waals surface area contributed by atoms with Crippen LogP contribution in [0.5, 0.6) is 5.75 Å². The van der Waals surface area contributed by atoms with Crippen molar-refractivity contribution in [3.63, 3.8) is 0 Å². The number of aliphatic hydroxyl groups is 1. The predicted molar refractivity (Wildman–Crippen MR) is 53.2 cm³/mol. The van der Waals surface area contributed by atoms with Crippen LogP contribution in [0, 0.1) is 0 Å². The molecule has 0 aliphatic heterocycles. The Labute approximate surface area is 91.7 Å². The molecule has 1 unspecified atom stereocenters. The zero-order chi connectivity index (χ0) is 12.3. The van der Waals surface area contributed by atoms with E-state index in [0.29, 0.717) is 12.0 Å². The molecule has 0 fully saturated rings. The summed E-state index contributed by atoms with van der Waals surface area (Å²) in [6, 6.07) is 3.08. The molecule has 0 spiro atoms. The summed E-state index contributed by atoms with van der Waals surface area (Å²) in [7, 11) is 1.28. The Morgan fingerprint density at radius 2 is 2.00 bits per heavy atom. The Hall–Kier alpha value is -1.23. The van der Waals surface area contributed by atoms with Crippen molar-refractivity contribution in [2.24, 2.45) is 0 Å². The highest BCUT2D eigenvalue weighted by atomic mass is 19.4. The van der Waals surface area contributed by atoms with Gasteiger partial charge in [-0.15, -0.1) is 0 Å². The van der Waals surface area contributed by atoms with E-state index in [1.807, 2.05) is 0 Å². The van der Waals surface area contributed by atoms with E-state index in [4.69, 9.17) is 4.74 Å². The standard InChI is InChI=1S/C11H13F3O2/c1-3-9(15)8-5-4-7(11(12,13)14)6-10(8)16-2/h4-6,9,15H,3H2,1-2H3. The quantitative estimate of drug-likeness (QED) is 0.870. The van der Waals surface area contributed by atoms with Gasteiger partial charge in [-0.1, -0.05) is 13.0 Å². The first kappa shape index (κ1) is 12.8. The Kier molecular flexibility index (Phi) is 3.80. The third-order valence-electron chi connectivity index (χ3n) is 2.31. The van der Waals surface area contributed by atoms with Crippen LogP contribution >= 0.6 is 0 Å². The number of hydrogen-bond donors (Lipinski definition) is 1. The molecule has 2 nitrogen and oxygen atoms in total. The molecule has 0 saturated carbocycles. The molecule has 0 amide bonds. The second-order valence-electron chi connectivity index (χ2n) is 3.38. The van der Waals surface area contributed by atoms with Crippen LogP contribution in [-0.4, -0.2) is 12.2 Å². The van der Waals surface area contributed by atoms with Gasteiger partial charge in [0.25, 0.3) is 0 Å². The molecule has 1 rings (SSSR count). The maximum atomic E-state index is 12.4. The lowest BCUT2D eigenvalue weighted by atomic mass is 10.0. The van der Waals surface area contributed by atoms with Crippen molar-refractivity contribution in [2.45, 2.75) is 25.6 Å². The molecule has 0 aliphatic rings. The number of ether oxygens (including phenoxy) is 1. The Balaban J connectivity index is 3.17. The summed E-state index contributed by atoms with van der Waals surface area (Å²) in [4.78, 5) is 0. The number of alkyl halides is 3. The number of methoxy groups -OCH3 is 1. The molecule has 0 heterocycles. The van der Waals surface area contributed by atoms with Crippen LogP contribution in [-0.2, 0) is 6.18 Å². The van der Waals surface area contributed by atoms with Crippen molar-refractivity contribution in [1.82, 2.24) is 0 Å². The Bertz CT molecular complexity index is 361. The molecule has 1 aromatic rings. The summed E-state index contributed by atoms with van der Waals surface area (Å²) in [6.45, 7) is 1.74. The SMILES string of the molecule is CCC(O)c1ccc(C(F)(F)F)cc1OC. The summed E-state index contributed by atoms with van der Waals surface area (Å²) < 4.78 is 42.0. The first-order chi connectivity index (χ1) is 7.40. The second kappa shape index (κ2) is 4.74. The first-order valence-corrected chi connectivity index (χ1v) is 4.83. The summed E-state index contributed by atoms with van der Waals surface area (Å²) >= 11 is 0. The van der Waals surface area contributed by atoms with Crippen molar-refractivity contribution in [2.75, 3.05) is 7.11 Å². The van der Waals surface area contributed by atoms with Crippen molar-refractivity contribution in [3.05, 3.63) is 29.3 Å². The van der Waals surface area contributed by atoms with Crippen LogP contribution in [0.4, 0.5) is 13.2 Å². The molecule has 5 heteroatoms. The lowest BCUT2D eigenvalue weighted by molar-refractivity contribution is -0.137. The number of hydrogen-bond acceptors (Lipinski definition) is 2. The molecule has 0 radical (unpaired) electrons. The van der Waals surface area contributed by atoms with Gasteiger partial charge in [0, 0.05) is 5.56 Å². The zero-order valence-corrected chi connectivity index (χ0v) is 9.01. The number of rotatable bonds is 3. The largest absolute Gasteiger partial charge is 0.496 e. The van der Waals surface area contributed by atoms with Gasteiger partial charge in [-0.2, -0.15) is 13.2 Å². The van der Waals surface area contributed by atoms with Crippen LogP contribution in [0.2, 0.25) is 0 Å². The van der Waals surface area contributed by atoms with Gasteiger partial charge in [0.1, 0.15) is 5.75 Å². The second-order valence-corrected chi connectivity index (χ2v) is 3.38. The van der Waals surface area contributed by atoms with Gasteiger partial charge in [0.15, 0.2) is 0 Å². The molecule has 16 heavy (non-hydrogen) atoms. The fourth-order valence-electron chi connectivity index (χ4n) is 1.38. The van der Waals surface area contributed by atoms with E-state index >= 15 is 0 Å². The first-order valence-electron chi connectivity index (χ1n) is 4.83. The van der Waals surface area contributed by atoms with Crippen LogP contribution < -0.4 is 4.74 Å². The lowest BCUT2D eigenvalue weighted by Crippen LogP contribution is -2.07. The fourth-order valence-corrected chi connectivity index (χ4v) is 1.38. The van der Waals surface area contributed by atoms with Crippen molar-refractivity contribution >= 4 is 0 Å². The van der Waals surface area contributed by atoms with Crippen molar-refractivity contribution in [1.29, 1.82) is 0 Å². The topological polar surface area (TPSA) is 29.5 Å². The highest BCUT2D eigenvalue weighted by Crippen LogP contribution is 2.35. The third-order valence-corrected chi connectivity index (χ3v) is 2.31. The van der Waals surface area contributed by atoms with Gasteiger partial charge in [0.2, 0.25) is 0 Å². The van der Waals surface area contributed by atoms with Crippen LogP contribution in [0.1, 0.15) is 30.6 Å². The van der Waals surface area contributed by atoms with Gasteiger partial charge in [-0.3, -0.25) is 0 Å². The average Bonchev–Trinajstić information content (AvgIpc) is 2.26. The average molecular weight is 234 g/mol. The monoisotopic (exact) mass is 234 g/mol. The Morgan fingerprint density at radius 1 is 1.38 bits per heavy atom. The third kappa shape index (κ3) is 2.66. The van der Waals surface area contributed by atoms with E-state index in [-0.39, 0.29) is 5.75 Å². The number of halogens is 3. The Morgan fingerprint density at radius 3 is 2.44 bits per heavy atom. The summed E-state index contributed by atoms with van der Waals surface area (Å²) in [5.41, 5.74) is -0.408. The summed E-state index contributed by atoms with van der Waals surface area (Å²) in [6.07, 6.45) is -4.79. The molecule has 1 aromatic carbocycles. The molecule has 90 valence electrons. The van der Waals surface area contributed by atoms with Crippen molar-refractivity contribution < 1.29 is 23.0 Å². The van der Waals surface area contributed by atoms with Crippen LogP contribution in [0.25, 0.3) is 0 Å². The number of benzene rings is 1. The fraction of sp³-hybridized carbons (Fsp3) is 0.455. The van der Waals surface area contributed by atoms with Crippen LogP contribution in [0.3, 0.4) is 0 Å². The van der Waals surface area contributed by atoms with Gasteiger partial charge >= 0.3 is 6.18 Å². The van der Waals surface area contributed by atoms with E-state index in [1.165, 1.54) is 13.2 Å². The number of aliphatic hydroxyl groups excluding tert-OH is 1. The normalized spacial score (nSPS) is 13.6. The van der Waals surface area contributed by atoms with Crippen LogP contribution in [0.15, 0.2) is 18.2 Å². The zero-order valence-electron chi connectivity index (χ0n) is 9.01. The minimum Gasteiger partial charge on any atom is -0.496 e. The minimum atomic E-state index is -4.40. The molecule has 0 saturated heterocycles. The maximum absolute atomic E-state index is 12.4. The highest BCUT2D eigenvalue weighted by molar-refractivity contribution is 5.40. The molecule has 0 bridgehead atoms. The summed E-state index contributed by atoms with van der Waals surface area (Å²) in [5, 5.41) is 9.57. The van der Waals surface area contributed by atoms with Gasteiger partial charge in [-0.25, -0.2) is 0 Å². The van der Waals surface area contributed by atoms with Gasteiger partial charge in [0.05, 0.1) is 18.8 Å². The van der Waals surface area contributed by atoms with E-state index < -0.39 is 17.8 Å². The molecular formula is C11H13F3O2. The van der Waals surface area contributed by atoms with Gasteiger partial charge < -0.3 is 9.84 Å². The smallest absolute Gasteiger partial charge is 0.416 e. The van der Waals surface area contributed by atoms with Crippen molar-refractivity contribution in [3.8, 4) is 5.75 Å². The van der Waals surface area contributed by atoms with Gasteiger partial charge in [-0.05, 0) is 18.6 Å². The van der Waals surface area contributed by atoms with E-state index in [9.17, 15) is 18.3 Å².